The van der Waals surface area contributed by atoms with Gasteiger partial charge in [-0.15, -0.1) is 0 Å². The fraction of sp³-hybridized carbons (Fsp3) is 0.556. The molecule has 0 spiro atoms. The summed E-state index contributed by atoms with van der Waals surface area (Å²) in [6, 6.07) is 18.6. The van der Waals surface area contributed by atoms with Crippen LogP contribution in [-0.2, 0) is 0 Å². The first-order valence-corrected chi connectivity index (χ1v) is 11.8. The summed E-state index contributed by atoms with van der Waals surface area (Å²) in [5, 5.41) is 3.68. The first kappa shape index (κ1) is 17.1. The molecule has 0 heterocycles. The molecule has 1 nitrogen and oxygen atoms in total. The van der Waals surface area contributed by atoms with Gasteiger partial charge in [0.2, 0.25) is 0 Å². The molecule has 5 fully saturated rings. The van der Waals surface area contributed by atoms with Crippen molar-refractivity contribution < 1.29 is 0 Å². The molecule has 4 unspecified atom stereocenters. The molecule has 7 rings (SSSR count). The fourth-order valence-corrected chi connectivity index (χ4v) is 6.83. The molecule has 1 heteroatoms. The minimum absolute atomic E-state index is 0.791. The minimum atomic E-state index is 0.791. The van der Waals surface area contributed by atoms with Gasteiger partial charge in [-0.1, -0.05) is 43.5 Å². The van der Waals surface area contributed by atoms with Gasteiger partial charge < -0.3 is 5.32 Å². The van der Waals surface area contributed by atoms with Crippen molar-refractivity contribution in [1.82, 2.24) is 0 Å². The lowest BCUT2D eigenvalue weighted by molar-refractivity contribution is 0.133. The highest BCUT2D eigenvalue weighted by Gasteiger charge is 2.53. The Kier molecular flexibility index (Phi) is 4.24. The van der Waals surface area contributed by atoms with E-state index in [-0.39, 0.29) is 0 Å². The zero-order valence-corrected chi connectivity index (χ0v) is 16.9. The van der Waals surface area contributed by atoms with Gasteiger partial charge in [-0.2, -0.15) is 0 Å². The Balaban J connectivity index is 1.16. The van der Waals surface area contributed by atoms with Gasteiger partial charge in [-0.3, -0.25) is 0 Å². The molecule has 0 aromatic heterocycles. The maximum absolute atomic E-state index is 3.68. The average molecular weight is 372 g/mol. The molecule has 2 bridgehead atoms. The van der Waals surface area contributed by atoms with E-state index in [1.807, 2.05) is 0 Å². The van der Waals surface area contributed by atoms with Gasteiger partial charge in [0.25, 0.3) is 0 Å². The second-order valence-corrected chi connectivity index (χ2v) is 10.2. The van der Waals surface area contributed by atoms with E-state index in [2.05, 4.69) is 53.8 Å². The van der Waals surface area contributed by atoms with E-state index < -0.39 is 0 Å². The number of benzene rings is 2. The summed E-state index contributed by atoms with van der Waals surface area (Å²) in [6.07, 6.45) is 13.0. The van der Waals surface area contributed by atoms with Gasteiger partial charge in [0, 0.05) is 11.4 Å². The van der Waals surface area contributed by atoms with Gasteiger partial charge in [0.05, 0.1) is 0 Å². The van der Waals surface area contributed by atoms with E-state index in [9.17, 15) is 0 Å². The third-order valence-corrected chi connectivity index (χ3v) is 8.45. The molecule has 1 N–H and O–H groups in total. The predicted octanol–water partition coefficient (Wildman–Crippen LogP) is 7.63. The standard InChI is InChI=1S/C27H33N/c1-2-5-18(6-3-1)19-9-11-25(12-10-19)28-26-8-4-7-20(17-26)27-23-14-21-13-22(21)15-24(27)16-23/h4,7-12,17-18,21-24,27-28H,1-3,5-6,13-16H2. The third-order valence-electron chi connectivity index (χ3n) is 8.45. The minimum Gasteiger partial charge on any atom is -0.356 e. The van der Waals surface area contributed by atoms with Crippen molar-refractivity contribution in [1.29, 1.82) is 0 Å². The number of hydrogen-bond donors (Lipinski definition) is 1. The average Bonchev–Trinajstić information content (AvgIpc) is 3.48. The molecule has 28 heavy (non-hydrogen) atoms. The molecular formula is C27H33N. The lowest BCUT2D eigenvalue weighted by Crippen LogP contribution is -2.33. The molecule has 0 aliphatic heterocycles. The van der Waals surface area contributed by atoms with Crippen molar-refractivity contribution in [3.63, 3.8) is 0 Å². The van der Waals surface area contributed by atoms with Gasteiger partial charge in [0.15, 0.2) is 0 Å². The Labute approximate surface area is 169 Å². The lowest BCUT2D eigenvalue weighted by atomic mass is 9.60. The first-order chi connectivity index (χ1) is 13.8. The lowest BCUT2D eigenvalue weighted by Gasteiger charge is -2.44. The van der Waals surface area contributed by atoms with Crippen molar-refractivity contribution in [3.05, 3.63) is 59.7 Å². The maximum atomic E-state index is 3.68. The van der Waals surface area contributed by atoms with Crippen LogP contribution in [0.25, 0.3) is 0 Å². The van der Waals surface area contributed by atoms with Crippen LogP contribution in [-0.4, -0.2) is 0 Å². The quantitative estimate of drug-likeness (QED) is 0.582. The van der Waals surface area contributed by atoms with Gasteiger partial charge in [-0.25, -0.2) is 0 Å². The summed E-state index contributed by atoms with van der Waals surface area (Å²) in [7, 11) is 0. The highest BCUT2D eigenvalue weighted by molar-refractivity contribution is 5.61. The van der Waals surface area contributed by atoms with Crippen LogP contribution >= 0.6 is 0 Å². The van der Waals surface area contributed by atoms with Crippen LogP contribution in [0.4, 0.5) is 11.4 Å². The highest BCUT2D eigenvalue weighted by atomic mass is 14.9. The molecule has 4 atom stereocenters. The topological polar surface area (TPSA) is 12.0 Å². The monoisotopic (exact) mass is 371 g/mol. The van der Waals surface area contributed by atoms with Gasteiger partial charge in [0.1, 0.15) is 0 Å². The Morgan fingerprint density at radius 2 is 1.29 bits per heavy atom. The summed E-state index contributed by atoms with van der Waals surface area (Å²) < 4.78 is 0. The van der Waals surface area contributed by atoms with Crippen molar-refractivity contribution >= 4 is 11.4 Å². The number of hydrogen-bond acceptors (Lipinski definition) is 1. The van der Waals surface area contributed by atoms with E-state index in [0.29, 0.717) is 0 Å². The molecule has 146 valence electrons. The number of nitrogens with one attached hydrogen (secondary N) is 1. The first-order valence-electron chi connectivity index (χ1n) is 11.8. The smallest absolute Gasteiger partial charge is 0.0387 e. The third kappa shape index (κ3) is 3.17. The van der Waals surface area contributed by atoms with Crippen LogP contribution in [0.5, 0.6) is 0 Å². The van der Waals surface area contributed by atoms with Crippen molar-refractivity contribution in [2.45, 2.75) is 69.6 Å². The second kappa shape index (κ2) is 6.94. The van der Waals surface area contributed by atoms with Crippen molar-refractivity contribution in [3.8, 4) is 0 Å². The van der Waals surface area contributed by atoms with Crippen LogP contribution in [0.1, 0.15) is 80.8 Å². The molecule has 0 radical (unpaired) electrons. The summed E-state index contributed by atoms with van der Waals surface area (Å²) in [5.74, 6) is 5.73. The van der Waals surface area contributed by atoms with E-state index in [0.717, 1.165) is 35.5 Å². The van der Waals surface area contributed by atoms with Gasteiger partial charge >= 0.3 is 0 Å². The molecule has 0 saturated heterocycles. The molecule has 2 aromatic rings. The maximum Gasteiger partial charge on any atom is 0.0387 e. The summed E-state index contributed by atoms with van der Waals surface area (Å²) in [4.78, 5) is 0. The van der Waals surface area contributed by atoms with Gasteiger partial charge in [-0.05, 0) is 109 Å². The molecular weight excluding hydrogens is 338 g/mol. The zero-order valence-electron chi connectivity index (χ0n) is 16.9. The van der Waals surface area contributed by atoms with Crippen molar-refractivity contribution in [2.75, 3.05) is 5.32 Å². The molecule has 5 aliphatic rings. The zero-order chi connectivity index (χ0) is 18.5. The SMILES string of the molecule is c1cc(Nc2ccc(C3CCCCC3)cc2)cc(C2C3CC4CC4CC2C3)c1. The van der Waals surface area contributed by atoms with E-state index >= 15 is 0 Å². The van der Waals surface area contributed by atoms with Crippen molar-refractivity contribution in [2.24, 2.45) is 23.7 Å². The summed E-state index contributed by atoms with van der Waals surface area (Å²) in [5.41, 5.74) is 5.61. The van der Waals surface area contributed by atoms with Crippen LogP contribution in [0.3, 0.4) is 0 Å². The second-order valence-electron chi connectivity index (χ2n) is 10.2. The van der Waals surface area contributed by atoms with Crippen LogP contribution in [0.2, 0.25) is 0 Å². The normalized spacial score (nSPS) is 34.1. The van der Waals surface area contributed by atoms with Crippen LogP contribution in [0.15, 0.2) is 48.5 Å². The molecule has 5 saturated carbocycles. The fourth-order valence-electron chi connectivity index (χ4n) is 6.83. The molecule has 0 amide bonds. The molecule has 2 aromatic carbocycles. The summed E-state index contributed by atoms with van der Waals surface area (Å²) in [6.45, 7) is 0. The largest absolute Gasteiger partial charge is 0.356 e. The number of anilines is 2. The highest BCUT2D eigenvalue weighted by Crippen LogP contribution is 2.63. The van der Waals surface area contributed by atoms with E-state index in [1.165, 1.54) is 74.7 Å². The van der Waals surface area contributed by atoms with Crippen LogP contribution in [0, 0.1) is 23.7 Å². The Bertz CT molecular complexity index is 816. The number of rotatable bonds is 4. The van der Waals surface area contributed by atoms with Crippen LogP contribution < -0.4 is 5.32 Å². The Hall–Kier alpha value is -1.76. The molecule has 5 aliphatic carbocycles. The van der Waals surface area contributed by atoms with E-state index in [1.54, 1.807) is 5.56 Å². The van der Waals surface area contributed by atoms with E-state index in [4.69, 9.17) is 0 Å². The predicted molar refractivity (Wildman–Crippen MR) is 117 cm³/mol. The summed E-state index contributed by atoms with van der Waals surface area (Å²) >= 11 is 0. The Morgan fingerprint density at radius 1 is 0.607 bits per heavy atom. The Morgan fingerprint density at radius 3 is 2.04 bits per heavy atom.